The van der Waals surface area contributed by atoms with Crippen molar-refractivity contribution in [1.29, 1.82) is 0 Å². The van der Waals surface area contributed by atoms with E-state index in [9.17, 15) is 0 Å². The van der Waals surface area contributed by atoms with Gasteiger partial charge in [0.05, 0.1) is 0 Å². The van der Waals surface area contributed by atoms with E-state index in [1.165, 1.54) is 22.3 Å². The highest BCUT2D eigenvalue weighted by molar-refractivity contribution is 6.32. The van der Waals surface area contributed by atoms with Crippen LogP contribution in [0.2, 0.25) is 0 Å². The second-order valence-corrected chi connectivity index (χ2v) is 4.11. The summed E-state index contributed by atoms with van der Waals surface area (Å²) in [6, 6.07) is 14.6. The normalized spacial score (nSPS) is 12.8. The van der Waals surface area contributed by atoms with Crippen molar-refractivity contribution in [2.45, 2.75) is 6.42 Å². The van der Waals surface area contributed by atoms with Crippen LogP contribution in [-0.4, -0.2) is 7.85 Å². The SMILES string of the molecule is [B]c1ccc2c(c1)-c1ccccc1CC=C2. The third-order valence-electron chi connectivity index (χ3n) is 3.02. The van der Waals surface area contributed by atoms with Crippen LogP contribution in [-0.2, 0) is 6.42 Å². The predicted molar refractivity (Wildman–Crippen MR) is 70.0 cm³/mol. The van der Waals surface area contributed by atoms with E-state index in [1.54, 1.807) is 0 Å². The molecule has 2 aromatic rings. The second-order valence-electron chi connectivity index (χ2n) is 4.11. The number of rotatable bonds is 0. The number of hydrogen-bond acceptors (Lipinski definition) is 0. The van der Waals surface area contributed by atoms with E-state index in [4.69, 9.17) is 7.85 Å². The maximum Gasteiger partial charge on any atom is 0.113 e. The average Bonchev–Trinajstić information content (AvgIpc) is 2.48. The van der Waals surface area contributed by atoms with Crippen molar-refractivity contribution in [2.24, 2.45) is 0 Å². The Labute approximate surface area is 97.0 Å². The van der Waals surface area contributed by atoms with E-state index in [0.29, 0.717) is 0 Å². The summed E-state index contributed by atoms with van der Waals surface area (Å²) in [7, 11) is 5.87. The van der Waals surface area contributed by atoms with E-state index in [-0.39, 0.29) is 0 Å². The summed E-state index contributed by atoms with van der Waals surface area (Å²) in [5.41, 5.74) is 5.98. The minimum atomic E-state index is 0.823. The van der Waals surface area contributed by atoms with Gasteiger partial charge in [-0.1, -0.05) is 60.1 Å². The number of fused-ring (bicyclic) bond motifs is 3. The van der Waals surface area contributed by atoms with Gasteiger partial charge in [0.2, 0.25) is 0 Å². The summed E-state index contributed by atoms with van der Waals surface area (Å²) in [5.74, 6) is 0. The van der Waals surface area contributed by atoms with Gasteiger partial charge >= 0.3 is 0 Å². The van der Waals surface area contributed by atoms with Crippen molar-refractivity contribution in [3.8, 4) is 11.1 Å². The van der Waals surface area contributed by atoms with Crippen LogP contribution >= 0.6 is 0 Å². The van der Waals surface area contributed by atoms with E-state index in [0.717, 1.165) is 11.9 Å². The van der Waals surface area contributed by atoms with Gasteiger partial charge in [-0.25, -0.2) is 0 Å². The number of allylic oxidation sites excluding steroid dienone is 1. The van der Waals surface area contributed by atoms with Crippen LogP contribution in [0.3, 0.4) is 0 Å². The zero-order valence-corrected chi connectivity index (χ0v) is 8.98. The molecule has 1 heteroatoms. The molecule has 2 radical (unpaired) electrons. The Bertz CT molecular complexity index is 567. The molecule has 1 aliphatic carbocycles. The van der Waals surface area contributed by atoms with E-state index < -0.39 is 0 Å². The van der Waals surface area contributed by atoms with Crippen LogP contribution < -0.4 is 5.46 Å². The summed E-state index contributed by atoms with van der Waals surface area (Å²) < 4.78 is 0. The van der Waals surface area contributed by atoms with Crippen LogP contribution in [0.25, 0.3) is 17.2 Å². The van der Waals surface area contributed by atoms with Crippen molar-refractivity contribution in [3.63, 3.8) is 0 Å². The maximum absolute atomic E-state index is 5.87. The lowest BCUT2D eigenvalue weighted by atomic mass is 9.88. The van der Waals surface area contributed by atoms with E-state index in [2.05, 4.69) is 48.6 Å². The Morgan fingerprint density at radius 1 is 0.938 bits per heavy atom. The molecule has 0 N–H and O–H groups in total. The van der Waals surface area contributed by atoms with Crippen molar-refractivity contribution in [2.75, 3.05) is 0 Å². The average molecular weight is 202 g/mol. The molecule has 0 heterocycles. The summed E-state index contributed by atoms with van der Waals surface area (Å²) in [5, 5.41) is 0. The largest absolute Gasteiger partial charge is 0.113 e. The highest BCUT2D eigenvalue weighted by atomic mass is 14.1. The third kappa shape index (κ3) is 1.49. The Morgan fingerprint density at radius 3 is 2.75 bits per heavy atom. The number of benzene rings is 2. The highest BCUT2D eigenvalue weighted by Gasteiger charge is 2.09. The van der Waals surface area contributed by atoms with Crippen LogP contribution in [0.4, 0.5) is 0 Å². The molecule has 0 aliphatic heterocycles. The maximum atomic E-state index is 5.87. The zero-order chi connectivity index (χ0) is 11.0. The van der Waals surface area contributed by atoms with Crippen molar-refractivity contribution >= 4 is 19.4 Å². The smallest absolute Gasteiger partial charge is 0.0960 e. The van der Waals surface area contributed by atoms with Crippen LogP contribution in [0, 0.1) is 0 Å². The molecule has 74 valence electrons. The molecule has 0 atom stereocenters. The molecule has 0 saturated heterocycles. The van der Waals surface area contributed by atoms with Crippen LogP contribution in [0.15, 0.2) is 48.5 Å². The van der Waals surface area contributed by atoms with Gasteiger partial charge in [-0.2, -0.15) is 0 Å². The van der Waals surface area contributed by atoms with Gasteiger partial charge in [0, 0.05) is 0 Å². The molecular weight excluding hydrogens is 191 g/mol. The lowest BCUT2D eigenvalue weighted by Crippen LogP contribution is -2.02. The van der Waals surface area contributed by atoms with Gasteiger partial charge in [-0.3, -0.25) is 0 Å². The zero-order valence-electron chi connectivity index (χ0n) is 8.98. The molecule has 0 bridgehead atoms. The summed E-state index contributed by atoms with van der Waals surface area (Å²) >= 11 is 0. The van der Waals surface area contributed by atoms with Crippen molar-refractivity contribution in [1.82, 2.24) is 0 Å². The first-order valence-electron chi connectivity index (χ1n) is 5.49. The monoisotopic (exact) mass is 202 g/mol. The Morgan fingerprint density at radius 2 is 1.81 bits per heavy atom. The predicted octanol–water partition coefficient (Wildman–Crippen LogP) is 2.72. The minimum Gasteiger partial charge on any atom is -0.0960 e. The molecular formula is C15H11B. The molecule has 0 fully saturated rings. The molecule has 0 aromatic heterocycles. The molecule has 3 rings (SSSR count). The molecule has 0 saturated carbocycles. The lowest BCUT2D eigenvalue weighted by molar-refractivity contribution is 1.29. The fraction of sp³-hybridized carbons (Fsp3) is 0.0667. The van der Waals surface area contributed by atoms with E-state index in [1.807, 2.05) is 6.07 Å². The Balaban J connectivity index is 2.33. The fourth-order valence-electron chi connectivity index (χ4n) is 2.23. The first kappa shape index (κ1) is 9.47. The number of hydrogen-bond donors (Lipinski definition) is 0. The van der Waals surface area contributed by atoms with Crippen LogP contribution in [0.1, 0.15) is 11.1 Å². The quantitative estimate of drug-likeness (QED) is 0.576. The van der Waals surface area contributed by atoms with Crippen molar-refractivity contribution in [3.05, 3.63) is 59.7 Å². The van der Waals surface area contributed by atoms with Gasteiger partial charge in [0.15, 0.2) is 0 Å². The van der Waals surface area contributed by atoms with Gasteiger partial charge in [0.25, 0.3) is 0 Å². The molecule has 1 aliphatic rings. The molecule has 0 amide bonds. The van der Waals surface area contributed by atoms with Crippen LogP contribution in [0.5, 0.6) is 0 Å². The summed E-state index contributed by atoms with van der Waals surface area (Å²) in [6.07, 6.45) is 5.38. The minimum absolute atomic E-state index is 0.823. The summed E-state index contributed by atoms with van der Waals surface area (Å²) in [4.78, 5) is 0. The fourth-order valence-corrected chi connectivity index (χ4v) is 2.23. The van der Waals surface area contributed by atoms with E-state index >= 15 is 0 Å². The molecule has 2 aromatic carbocycles. The first-order valence-corrected chi connectivity index (χ1v) is 5.49. The molecule has 0 nitrogen and oxygen atoms in total. The van der Waals surface area contributed by atoms with Crippen molar-refractivity contribution < 1.29 is 0 Å². The Hall–Kier alpha value is -1.76. The van der Waals surface area contributed by atoms with Gasteiger partial charge in [-0.05, 0) is 28.7 Å². The highest BCUT2D eigenvalue weighted by Crippen LogP contribution is 2.30. The first-order chi connectivity index (χ1) is 7.84. The topological polar surface area (TPSA) is 0 Å². The molecule has 0 unspecified atom stereocenters. The van der Waals surface area contributed by atoms with Gasteiger partial charge < -0.3 is 0 Å². The molecule has 0 spiro atoms. The molecule has 16 heavy (non-hydrogen) atoms. The Kier molecular flexibility index (Phi) is 2.18. The van der Waals surface area contributed by atoms with Gasteiger partial charge in [0.1, 0.15) is 7.85 Å². The van der Waals surface area contributed by atoms with Gasteiger partial charge in [-0.15, -0.1) is 0 Å². The lowest BCUT2D eigenvalue weighted by Gasteiger charge is -2.09. The summed E-state index contributed by atoms with van der Waals surface area (Å²) in [6.45, 7) is 0. The standard InChI is InChI=1S/C15H11B/c16-13-9-8-12-6-3-5-11-4-1-2-7-14(11)15(12)10-13/h1-4,6-10H,5H2. The third-order valence-corrected chi connectivity index (χ3v) is 3.02. The second kappa shape index (κ2) is 3.68.